The van der Waals surface area contributed by atoms with Crippen LogP contribution in [0.5, 0.6) is 0 Å². The average Bonchev–Trinajstić information content (AvgIpc) is 3.59. The van der Waals surface area contributed by atoms with Gasteiger partial charge < -0.3 is 25.3 Å². The Balaban J connectivity index is 1.31. The number of hydrogen-bond acceptors (Lipinski definition) is 6. The Hall–Kier alpha value is -2.97. The van der Waals surface area contributed by atoms with Crippen molar-refractivity contribution in [2.45, 2.75) is 30.6 Å². The van der Waals surface area contributed by atoms with E-state index in [1.165, 1.54) is 5.56 Å². The molecule has 0 amide bonds. The summed E-state index contributed by atoms with van der Waals surface area (Å²) in [5, 5.41) is 1.06. The molecule has 4 N–H and O–H groups in total. The van der Waals surface area contributed by atoms with Crippen LogP contribution in [0.4, 0.5) is 5.82 Å². The van der Waals surface area contributed by atoms with Crippen molar-refractivity contribution in [3.63, 3.8) is 0 Å². The number of hydrogen-bond donors (Lipinski definition) is 3. The zero-order chi connectivity index (χ0) is 20.8. The highest BCUT2D eigenvalue weighted by atomic mass is 16.5. The topological polar surface area (TPSA) is 109 Å². The second-order valence-corrected chi connectivity index (χ2v) is 8.80. The molecule has 1 atom stereocenters. The maximum atomic E-state index is 6.38. The van der Waals surface area contributed by atoms with Crippen LogP contribution in [0.2, 0.25) is 0 Å². The fourth-order valence-electron chi connectivity index (χ4n) is 5.21. The normalized spacial score (nSPS) is 21.3. The van der Waals surface area contributed by atoms with Crippen LogP contribution in [0.15, 0.2) is 36.8 Å². The predicted octanol–water partition coefficient (Wildman–Crippen LogP) is 2.84. The van der Waals surface area contributed by atoms with Crippen molar-refractivity contribution in [1.29, 1.82) is 0 Å². The lowest BCUT2D eigenvalue weighted by Crippen LogP contribution is -2.47. The van der Waals surface area contributed by atoms with E-state index in [2.05, 4.69) is 43.0 Å². The summed E-state index contributed by atoms with van der Waals surface area (Å²) < 4.78 is 5.63. The second-order valence-electron chi connectivity index (χ2n) is 8.80. The number of nitrogens with one attached hydrogen (secondary N) is 2. The molecule has 2 fully saturated rings. The van der Waals surface area contributed by atoms with Gasteiger partial charge in [-0.1, -0.05) is 12.1 Å². The molecule has 0 saturated carbocycles. The molecule has 2 aliphatic rings. The molecule has 31 heavy (non-hydrogen) atoms. The smallest absolute Gasteiger partial charge is 0.142 e. The number of fused-ring (bicyclic) bond motifs is 2. The number of nitrogens with zero attached hydrogens (tertiary/aromatic N) is 4. The highest BCUT2D eigenvalue weighted by Crippen LogP contribution is 2.38. The highest BCUT2D eigenvalue weighted by molar-refractivity contribution is 5.87. The molecule has 3 aromatic heterocycles. The van der Waals surface area contributed by atoms with E-state index in [4.69, 9.17) is 15.5 Å². The summed E-state index contributed by atoms with van der Waals surface area (Å²) in [5.74, 6) is 2.44. The third-order valence-corrected chi connectivity index (χ3v) is 7.16. The summed E-state index contributed by atoms with van der Waals surface area (Å²) in [4.78, 5) is 23.1. The molecule has 6 rings (SSSR count). The number of piperidine rings is 1. The summed E-state index contributed by atoms with van der Waals surface area (Å²) >= 11 is 0. The number of ether oxygens (including phenoxy) is 1. The predicted molar refractivity (Wildman–Crippen MR) is 120 cm³/mol. The molecule has 1 aromatic carbocycles. The van der Waals surface area contributed by atoms with E-state index in [-0.39, 0.29) is 5.41 Å². The van der Waals surface area contributed by atoms with Crippen LogP contribution >= 0.6 is 0 Å². The van der Waals surface area contributed by atoms with E-state index in [9.17, 15) is 0 Å². The first kappa shape index (κ1) is 18.8. The SMILES string of the molecule is NCC1(c2nc3c(C4CCOC4)cccc3[nH]2)CCN(c2ncnc3[nH]ccc23)CC1. The minimum absolute atomic E-state index is 0.150. The molecule has 4 aromatic rings. The van der Waals surface area contributed by atoms with Gasteiger partial charge in [0, 0.05) is 43.8 Å². The van der Waals surface area contributed by atoms with E-state index in [1.807, 2.05) is 12.3 Å². The average molecular weight is 418 g/mol. The maximum Gasteiger partial charge on any atom is 0.142 e. The van der Waals surface area contributed by atoms with Gasteiger partial charge in [0.2, 0.25) is 0 Å². The van der Waals surface area contributed by atoms with Crippen molar-refractivity contribution in [1.82, 2.24) is 24.9 Å². The van der Waals surface area contributed by atoms with E-state index in [0.717, 1.165) is 79.3 Å². The minimum Gasteiger partial charge on any atom is -0.381 e. The lowest BCUT2D eigenvalue weighted by molar-refractivity contribution is 0.194. The van der Waals surface area contributed by atoms with Gasteiger partial charge >= 0.3 is 0 Å². The van der Waals surface area contributed by atoms with Crippen LogP contribution in [-0.4, -0.2) is 57.8 Å². The summed E-state index contributed by atoms with van der Waals surface area (Å²) in [6.07, 6.45) is 6.47. The van der Waals surface area contributed by atoms with E-state index in [1.54, 1.807) is 6.33 Å². The third-order valence-electron chi connectivity index (χ3n) is 7.16. The standard InChI is InChI=1S/C23H27N7O/c24-13-23(6-9-30(10-7-23)21-17-4-8-25-20(17)26-14-27-21)22-28-18-3-1-2-16(19(18)29-22)15-5-11-31-12-15/h1-4,8,14-15H,5-7,9-13,24H2,(H,28,29)(H,25,26,27). The minimum atomic E-state index is -0.150. The summed E-state index contributed by atoms with van der Waals surface area (Å²) in [6, 6.07) is 8.48. The van der Waals surface area contributed by atoms with Crippen LogP contribution in [0.3, 0.4) is 0 Å². The van der Waals surface area contributed by atoms with E-state index >= 15 is 0 Å². The van der Waals surface area contributed by atoms with E-state index in [0.29, 0.717) is 12.5 Å². The fourth-order valence-corrected chi connectivity index (χ4v) is 5.21. The molecule has 160 valence electrons. The molecule has 8 nitrogen and oxygen atoms in total. The van der Waals surface area contributed by atoms with Gasteiger partial charge in [0.1, 0.15) is 23.6 Å². The number of rotatable bonds is 4. The van der Waals surface area contributed by atoms with Gasteiger partial charge in [-0.2, -0.15) is 0 Å². The molecular formula is C23H27N7O. The Morgan fingerprint density at radius 1 is 1.19 bits per heavy atom. The van der Waals surface area contributed by atoms with Gasteiger partial charge in [-0.15, -0.1) is 0 Å². The quantitative estimate of drug-likeness (QED) is 0.471. The highest BCUT2D eigenvalue weighted by Gasteiger charge is 2.39. The Morgan fingerprint density at radius 2 is 2.10 bits per heavy atom. The zero-order valence-electron chi connectivity index (χ0n) is 17.5. The molecule has 8 heteroatoms. The largest absolute Gasteiger partial charge is 0.381 e. The van der Waals surface area contributed by atoms with Gasteiger partial charge in [0.15, 0.2) is 0 Å². The summed E-state index contributed by atoms with van der Waals surface area (Å²) in [6.45, 7) is 3.96. The Kier molecular flexibility index (Phi) is 4.43. The van der Waals surface area contributed by atoms with Gasteiger partial charge in [-0.05, 0) is 37.0 Å². The number of benzene rings is 1. The van der Waals surface area contributed by atoms with Gasteiger partial charge in [0.05, 0.1) is 23.0 Å². The van der Waals surface area contributed by atoms with Gasteiger partial charge in [-0.3, -0.25) is 0 Å². The number of imidazole rings is 1. The first-order chi connectivity index (χ1) is 15.3. The lowest BCUT2D eigenvalue weighted by Gasteiger charge is -2.40. The molecular weight excluding hydrogens is 390 g/mol. The van der Waals surface area contributed by atoms with Crippen molar-refractivity contribution >= 4 is 27.9 Å². The number of aromatic nitrogens is 5. The van der Waals surface area contributed by atoms with Crippen molar-refractivity contribution < 1.29 is 4.74 Å². The van der Waals surface area contributed by atoms with Crippen LogP contribution in [-0.2, 0) is 10.2 Å². The van der Waals surface area contributed by atoms with Crippen LogP contribution < -0.4 is 10.6 Å². The van der Waals surface area contributed by atoms with E-state index < -0.39 is 0 Å². The zero-order valence-corrected chi connectivity index (χ0v) is 17.5. The van der Waals surface area contributed by atoms with Crippen LogP contribution in [0, 0.1) is 0 Å². The molecule has 2 aliphatic heterocycles. The van der Waals surface area contributed by atoms with Gasteiger partial charge in [0.25, 0.3) is 0 Å². The van der Waals surface area contributed by atoms with Crippen LogP contribution in [0.25, 0.3) is 22.1 Å². The number of aromatic amines is 2. The Labute approximate surface area is 180 Å². The second kappa shape index (κ2) is 7.32. The molecule has 0 spiro atoms. The first-order valence-electron chi connectivity index (χ1n) is 11.1. The summed E-state index contributed by atoms with van der Waals surface area (Å²) in [7, 11) is 0. The number of anilines is 1. The lowest BCUT2D eigenvalue weighted by atomic mass is 9.77. The number of para-hydroxylation sites is 1. The molecule has 0 radical (unpaired) electrons. The molecule has 1 unspecified atom stereocenters. The van der Waals surface area contributed by atoms with Crippen molar-refractivity contribution in [2.24, 2.45) is 5.73 Å². The Bertz CT molecular complexity index is 1220. The molecule has 0 bridgehead atoms. The van der Waals surface area contributed by atoms with Crippen molar-refractivity contribution in [3.05, 3.63) is 48.2 Å². The van der Waals surface area contributed by atoms with Crippen LogP contribution in [0.1, 0.15) is 36.6 Å². The monoisotopic (exact) mass is 417 g/mol. The first-order valence-corrected chi connectivity index (χ1v) is 11.1. The van der Waals surface area contributed by atoms with Crippen molar-refractivity contribution in [3.8, 4) is 0 Å². The number of H-pyrrole nitrogens is 2. The fraction of sp³-hybridized carbons (Fsp3) is 0.435. The molecule has 0 aliphatic carbocycles. The molecule has 5 heterocycles. The van der Waals surface area contributed by atoms with Crippen molar-refractivity contribution in [2.75, 3.05) is 37.7 Å². The summed E-state index contributed by atoms with van der Waals surface area (Å²) in [5.41, 5.74) is 10.6. The van der Waals surface area contributed by atoms with Gasteiger partial charge in [-0.25, -0.2) is 15.0 Å². The number of nitrogens with two attached hydrogens (primary N) is 1. The molecule has 2 saturated heterocycles. The third kappa shape index (κ3) is 3.01. The Morgan fingerprint density at radius 3 is 2.90 bits per heavy atom. The maximum absolute atomic E-state index is 6.38.